The zero-order chi connectivity index (χ0) is 18.6. The first-order valence-electron chi connectivity index (χ1n) is 9.74. The molecule has 142 valence electrons. The minimum atomic E-state index is -1.99. The van der Waals surface area contributed by atoms with E-state index < -0.39 is 8.60 Å². The molecule has 0 unspecified atom stereocenters. The maximum Gasteiger partial charge on any atom is 0.460 e. The van der Waals surface area contributed by atoms with Gasteiger partial charge in [0.15, 0.2) is 0 Å². The van der Waals surface area contributed by atoms with Crippen molar-refractivity contribution in [2.24, 2.45) is 0 Å². The van der Waals surface area contributed by atoms with Crippen LogP contribution in [0.1, 0.15) is 63.5 Å². The first-order valence-corrected chi connectivity index (χ1v) is 10.9. The second-order valence-electron chi connectivity index (χ2n) is 6.63. The van der Waals surface area contributed by atoms with Crippen LogP contribution in [0.3, 0.4) is 0 Å². The minimum absolute atomic E-state index is 0.659. The van der Waals surface area contributed by atoms with Gasteiger partial charge in [0.1, 0.15) is 11.5 Å². The molecule has 0 aliphatic carbocycles. The van der Waals surface area contributed by atoms with E-state index in [1.807, 2.05) is 36.4 Å². The Bertz CT molecular complexity index is 589. The highest BCUT2D eigenvalue weighted by atomic mass is 31.2. The van der Waals surface area contributed by atoms with Crippen molar-refractivity contribution in [3.05, 3.63) is 59.7 Å². The Labute approximate surface area is 159 Å². The highest BCUT2D eigenvalue weighted by Gasteiger charge is 2.12. The third kappa shape index (κ3) is 7.76. The average molecular weight is 374 g/mol. The van der Waals surface area contributed by atoms with E-state index >= 15 is 0 Å². The predicted molar refractivity (Wildman–Crippen MR) is 110 cm³/mol. The summed E-state index contributed by atoms with van der Waals surface area (Å²) in [4.78, 5) is 10.2. The van der Waals surface area contributed by atoms with E-state index in [2.05, 4.69) is 26.0 Å². The van der Waals surface area contributed by atoms with Gasteiger partial charge in [0.25, 0.3) is 0 Å². The summed E-state index contributed by atoms with van der Waals surface area (Å²) < 4.78 is 11.2. The van der Waals surface area contributed by atoms with E-state index in [4.69, 9.17) is 9.05 Å². The summed E-state index contributed by atoms with van der Waals surface area (Å²) in [5.41, 5.74) is 2.47. The molecule has 0 aliphatic rings. The van der Waals surface area contributed by atoms with Crippen molar-refractivity contribution >= 4 is 8.60 Å². The summed E-state index contributed by atoms with van der Waals surface area (Å²) in [7, 11) is -1.99. The fourth-order valence-corrected chi connectivity index (χ4v) is 3.50. The smallest absolute Gasteiger partial charge is 0.418 e. The van der Waals surface area contributed by atoms with Crippen molar-refractivity contribution in [2.75, 3.05) is 0 Å². The second kappa shape index (κ2) is 11.9. The van der Waals surface area contributed by atoms with E-state index in [0.29, 0.717) is 11.5 Å². The fraction of sp³-hybridized carbons (Fsp3) is 0.455. The molecule has 3 nitrogen and oxygen atoms in total. The maximum absolute atomic E-state index is 10.2. The summed E-state index contributed by atoms with van der Waals surface area (Å²) in [6.45, 7) is 4.41. The topological polar surface area (TPSA) is 38.7 Å². The van der Waals surface area contributed by atoms with Gasteiger partial charge in [-0.2, -0.15) is 0 Å². The molecule has 26 heavy (non-hydrogen) atoms. The molecule has 0 spiro atoms. The van der Waals surface area contributed by atoms with Crippen LogP contribution in [0.2, 0.25) is 0 Å². The molecule has 0 aromatic heterocycles. The lowest BCUT2D eigenvalue weighted by atomic mass is 10.1. The van der Waals surface area contributed by atoms with Gasteiger partial charge in [-0.1, -0.05) is 63.8 Å². The van der Waals surface area contributed by atoms with Crippen LogP contribution in [0.25, 0.3) is 0 Å². The van der Waals surface area contributed by atoms with Crippen LogP contribution in [0.15, 0.2) is 48.5 Å². The molecule has 0 heterocycles. The monoisotopic (exact) mass is 374 g/mol. The molecule has 0 fully saturated rings. The zero-order valence-electron chi connectivity index (χ0n) is 16.0. The Morgan fingerprint density at radius 2 is 1.19 bits per heavy atom. The van der Waals surface area contributed by atoms with Crippen LogP contribution >= 0.6 is 8.60 Å². The summed E-state index contributed by atoms with van der Waals surface area (Å²) in [6.07, 6.45) is 9.31. The predicted octanol–water partition coefficient (Wildman–Crippen LogP) is 6.83. The normalized spacial score (nSPS) is 10.9. The van der Waals surface area contributed by atoms with Gasteiger partial charge in [-0.3, -0.25) is 0 Å². The summed E-state index contributed by atoms with van der Waals surface area (Å²) >= 11 is 0. The SMILES string of the molecule is CCCCCc1cccc(OP(O)Oc2cccc(CCCCC)c2)c1. The molecule has 2 aromatic rings. The lowest BCUT2D eigenvalue weighted by molar-refractivity contribution is 0.381. The molecule has 0 amide bonds. The van der Waals surface area contributed by atoms with Gasteiger partial charge in [-0.05, 0) is 61.1 Å². The van der Waals surface area contributed by atoms with Crippen molar-refractivity contribution in [1.29, 1.82) is 0 Å². The molecule has 0 radical (unpaired) electrons. The van der Waals surface area contributed by atoms with E-state index in [1.54, 1.807) is 0 Å². The molecule has 2 rings (SSSR count). The van der Waals surface area contributed by atoms with E-state index in [1.165, 1.54) is 49.7 Å². The molecule has 1 N–H and O–H groups in total. The Hall–Kier alpha value is -1.57. The molecule has 0 atom stereocenters. The van der Waals surface area contributed by atoms with Crippen LogP contribution < -0.4 is 9.05 Å². The quantitative estimate of drug-likeness (QED) is 0.327. The van der Waals surface area contributed by atoms with Crippen molar-refractivity contribution < 1.29 is 13.9 Å². The first kappa shape index (κ1) is 20.7. The summed E-state index contributed by atoms with van der Waals surface area (Å²) in [5, 5.41) is 0. The third-order valence-corrected chi connectivity index (χ3v) is 5.04. The van der Waals surface area contributed by atoms with Gasteiger partial charge < -0.3 is 13.9 Å². The van der Waals surface area contributed by atoms with Crippen molar-refractivity contribution in [2.45, 2.75) is 65.2 Å². The Morgan fingerprint density at radius 3 is 1.62 bits per heavy atom. The van der Waals surface area contributed by atoms with E-state index in [9.17, 15) is 4.89 Å². The number of unbranched alkanes of at least 4 members (excludes halogenated alkanes) is 4. The highest BCUT2D eigenvalue weighted by molar-refractivity contribution is 7.41. The molecule has 4 heteroatoms. The lowest BCUT2D eigenvalue weighted by Crippen LogP contribution is -1.96. The van der Waals surface area contributed by atoms with Crippen molar-refractivity contribution in [1.82, 2.24) is 0 Å². The Morgan fingerprint density at radius 1 is 0.731 bits per heavy atom. The van der Waals surface area contributed by atoms with Crippen molar-refractivity contribution in [3.8, 4) is 11.5 Å². The second-order valence-corrected chi connectivity index (χ2v) is 7.47. The zero-order valence-corrected chi connectivity index (χ0v) is 16.9. The third-order valence-electron chi connectivity index (χ3n) is 4.30. The van der Waals surface area contributed by atoms with Gasteiger partial charge in [-0.25, -0.2) is 0 Å². The van der Waals surface area contributed by atoms with Crippen LogP contribution in [-0.4, -0.2) is 4.89 Å². The van der Waals surface area contributed by atoms with Crippen molar-refractivity contribution in [3.63, 3.8) is 0 Å². The molecule has 0 saturated heterocycles. The van der Waals surface area contributed by atoms with E-state index in [0.717, 1.165) is 12.8 Å². The summed E-state index contributed by atoms with van der Waals surface area (Å²) in [6, 6.07) is 15.8. The number of aryl methyl sites for hydroxylation is 2. The maximum atomic E-state index is 10.2. The van der Waals surface area contributed by atoms with E-state index in [-0.39, 0.29) is 0 Å². The van der Waals surface area contributed by atoms with Crippen LogP contribution in [0, 0.1) is 0 Å². The Balaban J connectivity index is 1.87. The molecule has 0 bridgehead atoms. The summed E-state index contributed by atoms with van der Waals surface area (Å²) in [5.74, 6) is 1.32. The lowest BCUT2D eigenvalue weighted by Gasteiger charge is -2.13. The van der Waals surface area contributed by atoms with Gasteiger partial charge in [-0.15, -0.1) is 0 Å². The van der Waals surface area contributed by atoms with Gasteiger partial charge in [0.2, 0.25) is 0 Å². The highest BCUT2D eigenvalue weighted by Crippen LogP contribution is 2.37. The molecule has 0 saturated carbocycles. The molecular weight excluding hydrogens is 343 g/mol. The largest absolute Gasteiger partial charge is 0.460 e. The number of hydrogen-bond acceptors (Lipinski definition) is 3. The standard InChI is InChI=1S/C22H31O3P/c1-3-5-7-11-19-13-9-15-21(17-19)24-26(23)25-22-16-10-14-20(18-22)12-8-6-4-2/h9-10,13-18,23H,3-8,11-12H2,1-2H3. The number of hydrogen-bond donors (Lipinski definition) is 1. The molecule has 2 aromatic carbocycles. The Kier molecular flexibility index (Phi) is 9.52. The minimum Gasteiger partial charge on any atom is -0.418 e. The molecule has 0 aliphatic heterocycles. The molecular formula is C22H31O3P. The number of benzene rings is 2. The van der Waals surface area contributed by atoms with Crippen LogP contribution in [0.4, 0.5) is 0 Å². The van der Waals surface area contributed by atoms with Gasteiger partial charge in [0.05, 0.1) is 0 Å². The van der Waals surface area contributed by atoms with Gasteiger partial charge in [0, 0.05) is 0 Å². The van der Waals surface area contributed by atoms with Crippen LogP contribution in [0.5, 0.6) is 11.5 Å². The van der Waals surface area contributed by atoms with Crippen LogP contribution in [-0.2, 0) is 12.8 Å². The first-order chi connectivity index (χ1) is 12.7. The average Bonchev–Trinajstić information content (AvgIpc) is 2.63. The van der Waals surface area contributed by atoms with Gasteiger partial charge >= 0.3 is 8.60 Å². The fourth-order valence-electron chi connectivity index (χ4n) is 2.87. The number of rotatable bonds is 12.